The third kappa shape index (κ3) is 5.13. The van der Waals surface area contributed by atoms with Gasteiger partial charge in [0.2, 0.25) is 0 Å². The summed E-state index contributed by atoms with van der Waals surface area (Å²) in [6.07, 6.45) is 7.70. The van der Waals surface area contributed by atoms with E-state index in [0.29, 0.717) is 5.41 Å². The summed E-state index contributed by atoms with van der Waals surface area (Å²) in [6.45, 7) is 6.48. The number of ether oxygens (including phenoxy) is 1. The second-order valence-corrected chi connectivity index (χ2v) is 9.30. The summed E-state index contributed by atoms with van der Waals surface area (Å²) in [5.74, 6) is 1.86. The Kier molecular flexibility index (Phi) is 6.76. The van der Waals surface area contributed by atoms with Gasteiger partial charge in [-0.25, -0.2) is 0 Å². The Morgan fingerprint density at radius 3 is 2.76 bits per heavy atom. The minimum Gasteiger partial charge on any atom is -0.385 e. The van der Waals surface area contributed by atoms with Gasteiger partial charge in [0.25, 0.3) is 0 Å². The molecular weight excluding hydrogens is 360 g/mol. The number of nitrogens with zero attached hydrogens (tertiary/aromatic N) is 3. The van der Waals surface area contributed by atoms with Gasteiger partial charge in [-0.1, -0.05) is 30.3 Å². The second kappa shape index (κ2) is 9.48. The lowest BCUT2D eigenvalue weighted by atomic mass is 9.83. The topological polar surface area (TPSA) is 40.1 Å². The van der Waals surface area contributed by atoms with E-state index in [0.717, 1.165) is 57.1 Å². The highest BCUT2D eigenvalue weighted by atomic mass is 16.5. The maximum Gasteiger partial charge on any atom is 0.193 e. The van der Waals surface area contributed by atoms with Gasteiger partial charge < -0.3 is 15.0 Å². The molecule has 0 bridgehead atoms. The zero-order valence-electron chi connectivity index (χ0n) is 18.3. The number of aliphatic imine (C=N–C) groups is 1. The number of nitrogens with one attached hydrogen (secondary N) is 1. The van der Waals surface area contributed by atoms with Crippen LogP contribution in [-0.2, 0) is 11.3 Å². The van der Waals surface area contributed by atoms with Gasteiger partial charge >= 0.3 is 0 Å². The summed E-state index contributed by atoms with van der Waals surface area (Å²) in [5, 5.41) is 3.70. The minimum absolute atomic E-state index is 0.446. The van der Waals surface area contributed by atoms with Crippen LogP contribution in [0, 0.1) is 11.3 Å². The molecule has 4 rings (SSSR count). The van der Waals surface area contributed by atoms with Crippen LogP contribution in [0.2, 0.25) is 0 Å². The van der Waals surface area contributed by atoms with Gasteiger partial charge in [0.05, 0.1) is 0 Å². The largest absolute Gasteiger partial charge is 0.385 e. The van der Waals surface area contributed by atoms with Crippen molar-refractivity contribution >= 4 is 5.96 Å². The van der Waals surface area contributed by atoms with E-state index in [2.05, 4.69) is 50.4 Å². The molecule has 1 N–H and O–H groups in total. The standard InChI is InChI=1S/C24H38N4O/c1-25-23(26-19-24(11-12-24)13-16-29-2)28-15-10-22-21(18-28)9-6-14-27(22)17-20-7-4-3-5-8-20/h3-5,7-8,21-22H,6,9-19H2,1-2H3,(H,25,26). The van der Waals surface area contributed by atoms with Gasteiger partial charge in [-0.15, -0.1) is 0 Å². The first-order chi connectivity index (χ1) is 14.2. The number of hydrogen-bond donors (Lipinski definition) is 1. The summed E-state index contributed by atoms with van der Waals surface area (Å²) in [4.78, 5) is 9.88. The first kappa shape index (κ1) is 20.7. The summed E-state index contributed by atoms with van der Waals surface area (Å²) < 4.78 is 5.31. The minimum atomic E-state index is 0.446. The predicted octanol–water partition coefficient (Wildman–Crippen LogP) is 3.37. The molecule has 0 aromatic heterocycles. The van der Waals surface area contributed by atoms with Crippen LogP contribution in [0.5, 0.6) is 0 Å². The summed E-state index contributed by atoms with van der Waals surface area (Å²) in [6, 6.07) is 11.7. The molecule has 0 amide bonds. The molecule has 2 saturated heterocycles. The van der Waals surface area contributed by atoms with Crippen LogP contribution in [0.4, 0.5) is 0 Å². The summed E-state index contributed by atoms with van der Waals surface area (Å²) in [7, 11) is 3.74. The van der Waals surface area contributed by atoms with E-state index in [-0.39, 0.29) is 0 Å². The molecular formula is C24H38N4O. The van der Waals surface area contributed by atoms with E-state index in [1.165, 1.54) is 44.2 Å². The molecule has 29 heavy (non-hydrogen) atoms. The van der Waals surface area contributed by atoms with Crippen molar-refractivity contribution < 1.29 is 4.74 Å². The SMILES string of the molecule is CN=C(NCC1(CCOC)CC1)N1CCC2C(CCCN2Cc2ccccc2)C1. The van der Waals surface area contributed by atoms with Crippen LogP contribution in [-0.4, -0.2) is 68.7 Å². The molecule has 0 radical (unpaired) electrons. The van der Waals surface area contributed by atoms with E-state index in [9.17, 15) is 0 Å². The lowest BCUT2D eigenvalue weighted by Crippen LogP contribution is -2.57. The monoisotopic (exact) mass is 398 g/mol. The zero-order chi connectivity index (χ0) is 20.1. The van der Waals surface area contributed by atoms with Gasteiger partial charge in [0.15, 0.2) is 5.96 Å². The van der Waals surface area contributed by atoms with Gasteiger partial charge in [-0.05, 0) is 62.0 Å². The smallest absolute Gasteiger partial charge is 0.193 e. The maximum atomic E-state index is 5.31. The highest BCUT2D eigenvalue weighted by Gasteiger charge is 2.42. The molecule has 2 unspecified atom stereocenters. The van der Waals surface area contributed by atoms with Crippen molar-refractivity contribution in [1.29, 1.82) is 0 Å². The van der Waals surface area contributed by atoms with Crippen LogP contribution in [0.1, 0.15) is 44.1 Å². The molecule has 0 spiro atoms. The molecule has 3 fully saturated rings. The third-order valence-electron chi connectivity index (χ3n) is 7.34. The molecule has 2 aliphatic heterocycles. The Bertz CT molecular complexity index is 673. The first-order valence-corrected chi connectivity index (χ1v) is 11.5. The molecule has 3 aliphatic rings. The Morgan fingerprint density at radius 2 is 2.03 bits per heavy atom. The molecule has 160 valence electrons. The number of likely N-dealkylation sites (tertiary alicyclic amines) is 2. The number of fused-ring (bicyclic) bond motifs is 1. The van der Waals surface area contributed by atoms with Crippen molar-refractivity contribution in [3.8, 4) is 0 Å². The summed E-state index contributed by atoms with van der Waals surface area (Å²) >= 11 is 0. The number of piperidine rings is 2. The Labute approximate surface area is 176 Å². The normalized spacial score (nSPS) is 26.8. The fraction of sp³-hybridized carbons (Fsp3) is 0.708. The fourth-order valence-corrected chi connectivity index (χ4v) is 5.32. The van der Waals surface area contributed by atoms with E-state index < -0.39 is 0 Å². The molecule has 2 atom stereocenters. The number of rotatable bonds is 7. The maximum absolute atomic E-state index is 5.31. The first-order valence-electron chi connectivity index (χ1n) is 11.5. The lowest BCUT2D eigenvalue weighted by molar-refractivity contribution is 0.0371. The molecule has 1 aliphatic carbocycles. The predicted molar refractivity (Wildman–Crippen MR) is 119 cm³/mol. The molecule has 5 heteroatoms. The Balaban J connectivity index is 1.31. The van der Waals surface area contributed by atoms with Crippen LogP contribution >= 0.6 is 0 Å². The Morgan fingerprint density at radius 1 is 1.21 bits per heavy atom. The fourth-order valence-electron chi connectivity index (χ4n) is 5.32. The van der Waals surface area contributed by atoms with E-state index in [4.69, 9.17) is 4.74 Å². The van der Waals surface area contributed by atoms with E-state index in [1.54, 1.807) is 7.11 Å². The summed E-state index contributed by atoms with van der Waals surface area (Å²) in [5.41, 5.74) is 1.89. The van der Waals surface area contributed by atoms with Gasteiger partial charge in [-0.3, -0.25) is 9.89 Å². The number of methoxy groups -OCH3 is 1. The molecule has 1 aromatic carbocycles. The lowest BCUT2D eigenvalue weighted by Gasteiger charge is -2.48. The van der Waals surface area contributed by atoms with Gasteiger partial charge in [0.1, 0.15) is 0 Å². The van der Waals surface area contributed by atoms with Crippen molar-refractivity contribution in [2.24, 2.45) is 16.3 Å². The van der Waals surface area contributed by atoms with Crippen molar-refractivity contribution in [1.82, 2.24) is 15.1 Å². The zero-order valence-corrected chi connectivity index (χ0v) is 18.3. The molecule has 5 nitrogen and oxygen atoms in total. The molecule has 1 aromatic rings. The van der Waals surface area contributed by atoms with E-state index >= 15 is 0 Å². The highest BCUT2D eigenvalue weighted by Crippen LogP contribution is 2.48. The van der Waals surface area contributed by atoms with Crippen LogP contribution in [0.25, 0.3) is 0 Å². The van der Waals surface area contributed by atoms with Crippen LogP contribution in [0.15, 0.2) is 35.3 Å². The van der Waals surface area contributed by atoms with Crippen LogP contribution < -0.4 is 5.32 Å². The molecule has 2 heterocycles. The number of guanidine groups is 1. The third-order valence-corrected chi connectivity index (χ3v) is 7.34. The van der Waals surface area contributed by atoms with Crippen LogP contribution in [0.3, 0.4) is 0 Å². The van der Waals surface area contributed by atoms with Crippen molar-refractivity contribution in [3.63, 3.8) is 0 Å². The van der Waals surface area contributed by atoms with Crippen molar-refractivity contribution in [3.05, 3.63) is 35.9 Å². The molecule has 1 saturated carbocycles. The average molecular weight is 399 g/mol. The van der Waals surface area contributed by atoms with Crippen molar-refractivity contribution in [2.45, 2.75) is 51.1 Å². The number of hydrogen-bond acceptors (Lipinski definition) is 3. The number of benzene rings is 1. The highest BCUT2D eigenvalue weighted by molar-refractivity contribution is 5.80. The second-order valence-electron chi connectivity index (χ2n) is 9.30. The van der Waals surface area contributed by atoms with Crippen molar-refractivity contribution in [2.75, 3.05) is 46.9 Å². The quantitative estimate of drug-likeness (QED) is 0.565. The Hall–Kier alpha value is -1.59. The van der Waals surface area contributed by atoms with E-state index in [1.807, 2.05) is 7.05 Å². The van der Waals surface area contributed by atoms with Gasteiger partial charge in [-0.2, -0.15) is 0 Å². The average Bonchev–Trinajstić information content (AvgIpc) is 3.53. The van der Waals surface area contributed by atoms with Gasteiger partial charge in [0, 0.05) is 53.0 Å².